The minimum atomic E-state index is 0.215. The van der Waals surface area contributed by atoms with Gasteiger partial charge in [-0.05, 0) is 16.9 Å². The van der Waals surface area contributed by atoms with Gasteiger partial charge in [0.15, 0.2) is 0 Å². The van der Waals surface area contributed by atoms with Gasteiger partial charge in [-0.2, -0.15) is 0 Å². The normalized spacial score (nSPS) is 13.5. The molecule has 0 radical (unpaired) electrons. The van der Waals surface area contributed by atoms with Crippen LogP contribution in [0.3, 0.4) is 0 Å². The summed E-state index contributed by atoms with van der Waals surface area (Å²) in [4.78, 5) is 11.9. The highest BCUT2D eigenvalue weighted by atomic mass is 16.1. The van der Waals surface area contributed by atoms with Gasteiger partial charge in [-0.3, -0.25) is 4.79 Å². The number of hydrogen-bond donors (Lipinski definition) is 0. The number of hydrogen-bond acceptors (Lipinski definition) is 1. The van der Waals surface area contributed by atoms with E-state index in [0.29, 0.717) is 24.5 Å². The Balaban J connectivity index is 2.49. The average molecular weight is 218 g/mol. The molecule has 1 unspecified atom stereocenters. The van der Waals surface area contributed by atoms with Crippen molar-refractivity contribution in [3.63, 3.8) is 0 Å². The first-order valence-corrected chi connectivity index (χ1v) is 5.95. The molecule has 0 bridgehead atoms. The van der Waals surface area contributed by atoms with Gasteiger partial charge in [0.2, 0.25) is 0 Å². The second kappa shape index (κ2) is 5.29. The Kier molecular flexibility index (Phi) is 4.28. The largest absolute Gasteiger partial charge is 0.299 e. The van der Waals surface area contributed by atoms with Crippen molar-refractivity contribution in [3.05, 3.63) is 35.9 Å². The summed E-state index contributed by atoms with van der Waals surface area (Å²) in [7, 11) is 0. The van der Waals surface area contributed by atoms with Gasteiger partial charge in [0, 0.05) is 12.8 Å². The van der Waals surface area contributed by atoms with E-state index in [4.69, 9.17) is 0 Å². The first kappa shape index (κ1) is 13.0. The Labute approximate surface area is 98.9 Å². The van der Waals surface area contributed by atoms with Crippen molar-refractivity contribution >= 4 is 5.78 Å². The van der Waals surface area contributed by atoms with E-state index < -0.39 is 0 Å². The molecule has 0 aliphatic carbocycles. The summed E-state index contributed by atoms with van der Waals surface area (Å²) in [5.41, 5.74) is 1.33. The number of Topliss-reactive ketones (excluding diaryl/α,β-unsaturated/α-hetero) is 1. The molecule has 0 N–H and O–H groups in total. The molecule has 88 valence electrons. The quantitative estimate of drug-likeness (QED) is 0.749. The maximum absolute atomic E-state index is 11.9. The van der Waals surface area contributed by atoms with Crippen molar-refractivity contribution < 1.29 is 4.79 Å². The summed E-state index contributed by atoms with van der Waals surface area (Å²) < 4.78 is 0. The topological polar surface area (TPSA) is 17.1 Å². The molecule has 0 aliphatic heterocycles. The highest BCUT2D eigenvalue weighted by molar-refractivity contribution is 5.81. The van der Waals surface area contributed by atoms with Crippen molar-refractivity contribution in [2.45, 2.75) is 40.5 Å². The van der Waals surface area contributed by atoms with E-state index >= 15 is 0 Å². The average Bonchev–Trinajstić information content (AvgIpc) is 2.17. The third-order valence-corrected chi connectivity index (χ3v) is 3.26. The van der Waals surface area contributed by atoms with Gasteiger partial charge in [0.25, 0.3) is 0 Å². The predicted octanol–water partition coefficient (Wildman–Crippen LogP) is 3.87. The predicted molar refractivity (Wildman–Crippen MR) is 68.4 cm³/mol. The molecule has 0 amide bonds. The van der Waals surface area contributed by atoms with Gasteiger partial charge in [-0.1, -0.05) is 58.0 Å². The van der Waals surface area contributed by atoms with Crippen LogP contribution in [0.2, 0.25) is 0 Å². The SMILES string of the molecule is CC(CC(=O)Cc1ccccc1)C(C)(C)C. The molecule has 0 heterocycles. The second-order valence-electron chi connectivity index (χ2n) is 5.67. The number of carbonyl (C=O) groups excluding carboxylic acids is 1. The van der Waals surface area contributed by atoms with Crippen LogP contribution in [0.15, 0.2) is 30.3 Å². The summed E-state index contributed by atoms with van der Waals surface area (Å²) in [6.07, 6.45) is 1.25. The van der Waals surface area contributed by atoms with Gasteiger partial charge >= 0.3 is 0 Å². The third-order valence-electron chi connectivity index (χ3n) is 3.26. The number of rotatable bonds is 4. The smallest absolute Gasteiger partial charge is 0.137 e. The fourth-order valence-electron chi connectivity index (χ4n) is 1.54. The third kappa shape index (κ3) is 4.18. The lowest BCUT2D eigenvalue weighted by molar-refractivity contribution is -0.120. The zero-order valence-corrected chi connectivity index (χ0v) is 10.8. The molecule has 0 fully saturated rings. The summed E-state index contributed by atoms with van der Waals surface area (Å²) in [6, 6.07) is 9.97. The number of ketones is 1. The summed E-state index contributed by atoms with van der Waals surface area (Å²) >= 11 is 0. The van der Waals surface area contributed by atoms with Crippen molar-refractivity contribution in [1.29, 1.82) is 0 Å². The molecule has 16 heavy (non-hydrogen) atoms. The van der Waals surface area contributed by atoms with E-state index in [9.17, 15) is 4.79 Å². The monoisotopic (exact) mass is 218 g/mol. The lowest BCUT2D eigenvalue weighted by Gasteiger charge is -2.26. The van der Waals surface area contributed by atoms with Crippen LogP contribution < -0.4 is 0 Å². The van der Waals surface area contributed by atoms with E-state index in [1.165, 1.54) is 0 Å². The molecule has 1 aromatic rings. The number of benzene rings is 1. The van der Waals surface area contributed by atoms with E-state index in [-0.39, 0.29) is 5.41 Å². The van der Waals surface area contributed by atoms with Crippen LogP contribution in [0.1, 0.15) is 39.7 Å². The summed E-state index contributed by atoms with van der Waals surface area (Å²) in [5.74, 6) is 0.775. The van der Waals surface area contributed by atoms with Crippen molar-refractivity contribution in [3.8, 4) is 0 Å². The summed E-state index contributed by atoms with van der Waals surface area (Å²) in [5, 5.41) is 0. The Morgan fingerprint density at radius 1 is 1.19 bits per heavy atom. The first-order valence-electron chi connectivity index (χ1n) is 5.95. The van der Waals surface area contributed by atoms with E-state index in [2.05, 4.69) is 27.7 Å². The Morgan fingerprint density at radius 3 is 2.25 bits per heavy atom. The van der Waals surface area contributed by atoms with Crippen LogP contribution >= 0.6 is 0 Å². The van der Waals surface area contributed by atoms with Gasteiger partial charge in [-0.15, -0.1) is 0 Å². The lowest BCUT2D eigenvalue weighted by Crippen LogP contribution is -2.21. The van der Waals surface area contributed by atoms with Crippen LogP contribution in [0.4, 0.5) is 0 Å². The second-order valence-corrected chi connectivity index (χ2v) is 5.67. The molecule has 0 saturated heterocycles. The molecule has 0 saturated carbocycles. The van der Waals surface area contributed by atoms with Crippen molar-refractivity contribution in [2.75, 3.05) is 0 Å². The van der Waals surface area contributed by atoms with Crippen molar-refractivity contribution in [1.82, 2.24) is 0 Å². The number of carbonyl (C=O) groups is 1. The molecule has 1 atom stereocenters. The molecule has 0 aliphatic rings. The van der Waals surface area contributed by atoms with E-state index in [1.54, 1.807) is 0 Å². The fraction of sp³-hybridized carbons (Fsp3) is 0.533. The highest BCUT2D eigenvalue weighted by Gasteiger charge is 2.22. The van der Waals surface area contributed by atoms with Crippen molar-refractivity contribution in [2.24, 2.45) is 11.3 Å². The molecule has 1 nitrogen and oxygen atoms in total. The molecular formula is C15H22O. The van der Waals surface area contributed by atoms with Gasteiger partial charge in [0.05, 0.1) is 0 Å². The summed E-state index contributed by atoms with van der Waals surface area (Å²) in [6.45, 7) is 8.72. The van der Waals surface area contributed by atoms with E-state index in [1.807, 2.05) is 30.3 Å². The molecule has 1 aromatic carbocycles. The lowest BCUT2D eigenvalue weighted by atomic mass is 9.79. The fourth-order valence-corrected chi connectivity index (χ4v) is 1.54. The highest BCUT2D eigenvalue weighted by Crippen LogP contribution is 2.28. The molecular weight excluding hydrogens is 196 g/mol. The maximum atomic E-state index is 11.9. The van der Waals surface area contributed by atoms with E-state index in [0.717, 1.165) is 5.56 Å². The Hall–Kier alpha value is -1.11. The molecule has 1 heteroatoms. The maximum Gasteiger partial charge on any atom is 0.137 e. The van der Waals surface area contributed by atoms with Gasteiger partial charge < -0.3 is 0 Å². The zero-order chi connectivity index (χ0) is 12.2. The van der Waals surface area contributed by atoms with Crippen LogP contribution in [0.25, 0.3) is 0 Å². The first-order chi connectivity index (χ1) is 7.39. The van der Waals surface area contributed by atoms with Gasteiger partial charge in [0.1, 0.15) is 5.78 Å². The zero-order valence-electron chi connectivity index (χ0n) is 10.8. The molecule has 0 spiro atoms. The molecule has 1 rings (SSSR count). The van der Waals surface area contributed by atoms with Gasteiger partial charge in [-0.25, -0.2) is 0 Å². The minimum absolute atomic E-state index is 0.215. The van der Waals surface area contributed by atoms with Crippen LogP contribution in [0, 0.1) is 11.3 Å². The Morgan fingerprint density at radius 2 is 1.75 bits per heavy atom. The Bertz CT molecular complexity index is 332. The van der Waals surface area contributed by atoms with Crippen LogP contribution in [0.5, 0.6) is 0 Å². The van der Waals surface area contributed by atoms with Crippen LogP contribution in [-0.2, 0) is 11.2 Å². The standard InChI is InChI=1S/C15H22O/c1-12(15(2,3)4)10-14(16)11-13-8-6-5-7-9-13/h5-9,12H,10-11H2,1-4H3. The minimum Gasteiger partial charge on any atom is -0.299 e. The van der Waals surface area contributed by atoms with Crippen LogP contribution in [-0.4, -0.2) is 5.78 Å². The molecule has 0 aromatic heterocycles.